The number of carbonyl (C=O) groups is 2. The number of hydrogen-bond acceptors (Lipinski definition) is 4. The van der Waals surface area contributed by atoms with Crippen LogP contribution in [0, 0.1) is 6.92 Å². The Morgan fingerprint density at radius 2 is 2.22 bits per heavy atom. The Kier molecular flexibility index (Phi) is 3.12. The predicted octanol–water partition coefficient (Wildman–Crippen LogP) is 0.856. The number of imidazole rings is 1. The minimum atomic E-state index is -1.09. The third-order valence-corrected chi connectivity index (χ3v) is 2.62. The van der Waals surface area contributed by atoms with Gasteiger partial charge in [0.1, 0.15) is 5.82 Å². The van der Waals surface area contributed by atoms with Crippen molar-refractivity contribution in [2.24, 2.45) is 5.73 Å². The lowest BCUT2D eigenvalue weighted by molar-refractivity contribution is -0.137. The van der Waals surface area contributed by atoms with E-state index in [9.17, 15) is 9.59 Å². The molecule has 18 heavy (non-hydrogen) atoms. The van der Waals surface area contributed by atoms with E-state index in [1.165, 1.54) is 0 Å². The number of benzene rings is 1. The Hall–Kier alpha value is -2.21. The molecule has 0 saturated heterocycles. The van der Waals surface area contributed by atoms with E-state index in [1.807, 2.05) is 6.92 Å². The second-order valence-electron chi connectivity index (χ2n) is 4.12. The summed E-state index contributed by atoms with van der Waals surface area (Å²) in [5.41, 5.74) is 7.43. The smallest absolute Gasteiger partial charge is 0.305 e. The van der Waals surface area contributed by atoms with E-state index in [0.29, 0.717) is 5.56 Å². The fourth-order valence-electron chi connectivity index (χ4n) is 1.79. The maximum atomic E-state index is 11.9. The van der Waals surface area contributed by atoms with Crippen molar-refractivity contribution >= 4 is 22.8 Å². The molecule has 1 aromatic heterocycles. The van der Waals surface area contributed by atoms with Gasteiger partial charge in [-0.15, -0.1) is 0 Å². The van der Waals surface area contributed by atoms with Gasteiger partial charge in [0, 0.05) is 5.56 Å². The van der Waals surface area contributed by atoms with Crippen molar-refractivity contribution in [2.75, 3.05) is 0 Å². The lowest BCUT2D eigenvalue weighted by Crippen LogP contribution is -2.32. The Balaban J connectivity index is 2.30. The van der Waals surface area contributed by atoms with E-state index in [4.69, 9.17) is 10.8 Å². The number of aromatic amines is 1. The fraction of sp³-hybridized carbons (Fsp3) is 0.250. The maximum absolute atomic E-state index is 11.9. The average molecular weight is 247 g/mol. The minimum absolute atomic E-state index is 0.376. The van der Waals surface area contributed by atoms with Crippen LogP contribution in [0.25, 0.3) is 11.0 Å². The summed E-state index contributed by atoms with van der Waals surface area (Å²) in [6, 6.07) is 3.93. The zero-order chi connectivity index (χ0) is 13.3. The number of Topliss-reactive ketones (excluding diaryl/α,β-unsaturated/α-hetero) is 1. The number of ketones is 1. The molecule has 1 atom stereocenters. The van der Waals surface area contributed by atoms with E-state index >= 15 is 0 Å². The zero-order valence-corrected chi connectivity index (χ0v) is 9.80. The van der Waals surface area contributed by atoms with Gasteiger partial charge in [-0.1, -0.05) is 0 Å². The Morgan fingerprint density at radius 3 is 2.89 bits per heavy atom. The molecule has 1 aromatic carbocycles. The van der Waals surface area contributed by atoms with Gasteiger partial charge < -0.3 is 15.8 Å². The number of rotatable bonds is 4. The highest BCUT2D eigenvalue weighted by molar-refractivity contribution is 6.03. The zero-order valence-electron chi connectivity index (χ0n) is 9.80. The lowest BCUT2D eigenvalue weighted by atomic mass is 10.0. The van der Waals surface area contributed by atoms with E-state index in [-0.39, 0.29) is 12.2 Å². The van der Waals surface area contributed by atoms with Crippen LogP contribution in [0.2, 0.25) is 0 Å². The van der Waals surface area contributed by atoms with E-state index in [2.05, 4.69) is 9.97 Å². The summed E-state index contributed by atoms with van der Waals surface area (Å²) in [6.07, 6.45) is -0.376. The second kappa shape index (κ2) is 4.58. The molecule has 4 N–H and O–H groups in total. The van der Waals surface area contributed by atoms with Crippen molar-refractivity contribution in [1.29, 1.82) is 0 Å². The van der Waals surface area contributed by atoms with Crippen LogP contribution >= 0.6 is 0 Å². The highest BCUT2D eigenvalue weighted by atomic mass is 16.4. The van der Waals surface area contributed by atoms with Crippen molar-refractivity contribution in [3.05, 3.63) is 29.6 Å². The van der Waals surface area contributed by atoms with Gasteiger partial charge >= 0.3 is 5.97 Å². The predicted molar refractivity (Wildman–Crippen MR) is 65.4 cm³/mol. The van der Waals surface area contributed by atoms with Crippen LogP contribution in [0.1, 0.15) is 22.6 Å². The fourth-order valence-corrected chi connectivity index (χ4v) is 1.79. The number of carboxylic acids is 1. The number of fused-ring (bicyclic) bond motifs is 1. The molecule has 94 valence electrons. The molecular formula is C12H13N3O3. The molecule has 0 spiro atoms. The molecule has 0 amide bonds. The SMILES string of the molecule is Cc1nc2ccc(C(=O)C(N)CC(=O)O)cc2[nH]1. The monoisotopic (exact) mass is 247 g/mol. The van der Waals surface area contributed by atoms with Crippen molar-refractivity contribution in [2.45, 2.75) is 19.4 Å². The molecule has 1 heterocycles. The molecule has 2 aromatic rings. The first kappa shape index (κ1) is 12.3. The van der Waals surface area contributed by atoms with Crippen LogP contribution in [0.3, 0.4) is 0 Å². The standard InChI is InChI=1S/C12H13N3O3/c1-6-14-9-3-2-7(4-10(9)15-6)12(18)8(13)5-11(16)17/h2-4,8H,5,13H2,1H3,(H,14,15)(H,16,17). The van der Waals surface area contributed by atoms with Gasteiger partial charge in [0.15, 0.2) is 5.78 Å². The molecule has 2 rings (SSSR count). The highest BCUT2D eigenvalue weighted by Crippen LogP contribution is 2.15. The second-order valence-corrected chi connectivity index (χ2v) is 4.12. The van der Waals surface area contributed by atoms with E-state index in [1.54, 1.807) is 18.2 Å². The molecule has 0 aliphatic carbocycles. The summed E-state index contributed by atoms with van der Waals surface area (Å²) in [5, 5.41) is 8.61. The minimum Gasteiger partial charge on any atom is -0.481 e. The normalized spacial score (nSPS) is 12.6. The number of aliphatic carboxylic acids is 1. The number of carboxylic acid groups (broad SMARTS) is 1. The van der Waals surface area contributed by atoms with Crippen LogP contribution in [-0.2, 0) is 4.79 Å². The van der Waals surface area contributed by atoms with Gasteiger partial charge in [0.05, 0.1) is 23.5 Å². The number of nitrogens with two attached hydrogens (primary N) is 1. The number of aromatic nitrogens is 2. The Labute approximate surface area is 103 Å². The maximum Gasteiger partial charge on any atom is 0.305 e. The molecule has 1 unspecified atom stereocenters. The molecule has 6 heteroatoms. The number of carbonyl (C=O) groups excluding carboxylic acids is 1. The van der Waals surface area contributed by atoms with Crippen molar-refractivity contribution < 1.29 is 14.7 Å². The van der Waals surface area contributed by atoms with Crippen LogP contribution in [-0.4, -0.2) is 32.9 Å². The molecule has 0 fully saturated rings. The van der Waals surface area contributed by atoms with Crippen LogP contribution in [0.15, 0.2) is 18.2 Å². The van der Waals surface area contributed by atoms with E-state index in [0.717, 1.165) is 16.9 Å². The first-order chi connectivity index (χ1) is 8.47. The first-order valence-electron chi connectivity index (χ1n) is 5.45. The molecule has 0 aliphatic rings. The van der Waals surface area contributed by atoms with Gasteiger partial charge in [0.25, 0.3) is 0 Å². The van der Waals surface area contributed by atoms with Gasteiger partial charge in [-0.3, -0.25) is 9.59 Å². The molecular weight excluding hydrogens is 234 g/mol. The lowest BCUT2D eigenvalue weighted by Gasteiger charge is -2.07. The Bertz CT molecular complexity index is 618. The number of nitrogens with zero attached hydrogens (tertiary/aromatic N) is 1. The molecule has 6 nitrogen and oxygen atoms in total. The summed E-state index contributed by atoms with van der Waals surface area (Å²) in [6.45, 7) is 1.82. The number of nitrogens with one attached hydrogen (secondary N) is 1. The average Bonchev–Trinajstić information content (AvgIpc) is 2.65. The molecule has 0 saturated carbocycles. The van der Waals surface area contributed by atoms with Crippen LogP contribution < -0.4 is 5.73 Å². The highest BCUT2D eigenvalue weighted by Gasteiger charge is 2.19. The van der Waals surface area contributed by atoms with Gasteiger partial charge in [-0.05, 0) is 25.1 Å². The molecule has 0 aliphatic heterocycles. The summed E-state index contributed by atoms with van der Waals surface area (Å²) in [4.78, 5) is 29.6. The third kappa shape index (κ3) is 2.38. The Morgan fingerprint density at radius 1 is 1.50 bits per heavy atom. The van der Waals surface area contributed by atoms with Gasteiger partial charge in [-0.25, -0.2) is 4.98 Å². The van der Waals surface area contributed by atoms with Crippen LogP contribution in [0.5, 0.6) is 0 Å². The number of hydrogen-bond donors (Lipinski definition) is 3. The first-order valence-corrected chi connectivity index (χ1v) is 5.45. The van der Waals surface area contributed by atoms with Crippen molar-refractivity contribution in [3.8, 4) is 0 Å². The van der Waals surface area contributed by atoms with Crippen LogP contribution in [0.4, 0.5) is 0 Å². The van der Waals surface area contributed by atoms with Gasteiger partial charge in [0.2, 0.25) is 0 Å². The largest absolute Gasteiger partial charge is 0.481 e. The molecule has 0 radical (unpaired) electrons. The van der Waals surface area contributed by atoms with E-state index < -0.39 is 12.0 Å². The number of aryl methyl sites for hydroxylation is 1. The topological polar surface area (TPSA) is 109 Å². The number of H-pyrrole nitrogens is 1. The van der Waals surface area contributed by atoms with Crippen molar-refractivity contribution in [1.82, 2.24) is 9.97 Å². The van der Waals surface area contributed by atoms with Gasteiger partial charge in [-0.2, -0.15) is 0 Å². The summed E-state index contributed by atoms with van der Waals surface area (Å²) in [5.74, 6) is -0.717. The third-order valence-electron chi connectivity index (χ3n) is 2.62. The molecule has 0 bridgehead atoms. The summed E-state index contributed by atoms with van der Waals surface area (Å²) in [7, 11) is 0. The summed E-state index contributed by atoms with van der Waals surface area (Å²) < 4.78 is 0. The quantitative estimate of drug-likeness (QED) is 0.694. The summed E-state index contributed by atoms with van der Waals surface area (Å²) >= 11 is 0. The van der Waals surface area contributed by atoms with Crippen molar-refractivity contribution in [3.63, 3.8) is 0 Å².